The average molecular weight is 710 g/mol. The summed E-state index contributed by atoms with van der Waals surface area (Å²) >= 11 is 0. The van der Waals surface area contributed by atoms with E-state index in [2.05, 4.69) is 0 Å². The molecule has 0 aromatic rings. The van der Waals surface area contributed by atoms with Crippen LogP contribution in [0.15, 0.2) is 0 Å². The first-order valence-corrected chi connectivity index (χ1v) is 0. The van der Waals surface area contributed by atoms with Gasteiger partial charge in [-0.05, 0) is 0 Å². The van der Waals surface area contributed by atoms with Crippen molar-refractivity contribution in [1.29, 1.82) is 0 Å². The van der Waals surface area contributed by atoms with Gasteiger partial charge in [0.2, 0.25) is 0 Å². The Labute approximate surface area is 173 Å². The van der Waals surface area contributed by atoms with E-state index < -0.39 is 0 Å². The van der Waals surface area contributed by atoms with Crippen LogP contribution in [0.25, 0.3) is 0 Å². The van der Waals surface area contributed by atoms with E-state index >= 15 is 0 Å². The van der Waals surface area contributed by atoms with Gasteiger partial charge in [-0.3, -0.25) is 0 Å². The molecule has 0 amide bonds. The molecular weight excluding hydrogens is 710 g/mol. The van der Waals surface area contributed by atoms with Crippen LogP contribution in [0.2, 0.25) is 0 Å². The zero-order valence-corrected chi connectivity index (χ0v) is 20.1. The fourth-order valence-corrected chi connectivity index (χ4v) is 0. The van der Waals surface area contributed by atoms with E-state index in [0.717, 1.165) is 0 Å². The Bertz CT molecular complexity index is 14.3. The van der Waals surface area contributed by atoms with Crippen molar-refractivity contribution in [2.45, 2.75) is 0 Å². The molecule has 0 saturated heterocycles. The molecule has 0 rings (SSSR count). The fraction of sp³-hybridized carbons (Fsp3) is 0. The zero-order chi connectivity index (χ0) is 0. The fourth-order valence-electron chi connectivity index (χ4n) is 0. The molecule has 0 spiro atoms. The smallest absolute Gasteiger partial charge is 0 e. The predicted molar refractivity (Wildman–Crippen MR) is 0 cm³/mol. The van der Waals surface area contributed by atoms with Crippen molar-refractivity contribution in [3.8, 4) is 0 Å². The molecule has 0 heterocycles. The number of hydrogen-bond acceptors (Lipinski definition) is 0. The molecule has 0 aromatic heterocycles. The summed E-state index contributed by atoms with van der Waals surface area (Å²) in [6, 6.07) is 0. The largest absolute Gasteiger partial charge is 0 e. The Morgan fingerprint density at radius 2 is 0.333 bits per heavy atom. The Morgan fingerprint density at radius 1 is 0.333 bits per heavy atom. The maximum Gasteiger partial charge on any atom is 0 e. The molecule has 0 saturated carbocycles. The van der Waals surface area contributed by atoms with Crippen molar-refractivity contribution < 1.29 is 177 Å². The van der Waals surface area contributed by atoms with Gasteiger partial charge in [0.1, 0.15) is 0 Å². The molecule has 0 nitrogen and oxygen atoms in total. The molecule has 0 unspecified atom stereocenters. The Morgan fingerprint density at radius 3 is 0.333 bits per heavy atom. The van der Waals surface area contributed by atoms with Crippen molar-refractivity contribution in [2.75, 3.05) is 0 Å². The average Bonchev–Trinajstić information content (AvgIpc) is 0. The first kappa shape index (κ1) is 85.5. The molecule has 9 heavy (non-hydrogen) atoms. The van der Waals surface area contributed by atoms with Crippen molar-refractivity contribution >= 4 is 0 Å². The predicted octanol–water partition coefficient (Wildman–Crippen LogP) is -0.0225. The van der Waals surface area contributed by atoms with Gasteiger partial charge in [-0.25, -0.2) is 0 Å². The van der Waals surface area contributed by atoms with Gasteiger partial charge in [-0.1, -0.05) is 0 Å². The minimum Gasteiger partial charge on any atom is 0 e. The third kappa shape index (κ3) is 58.0. The van der Waals surface area contributed by atoms with Crippen LogP contribution in [0.4, 0.5) is 0 Å². The zero-order valence-electron chi connectivity index (χ0n) is 3.93. The first-order valence-electron chi connectivity index (χ1n) is 0. The molecule has 0 aliphatic heterocycles. The third-order valence-electron chi connectivity index (χ3n) is 0. The van der Waals surface area contributed by atoms with Crippen LogP contribution in [0.5, 0.6) is 0 Å². The maximum absolute atomic E-state index is 0. The second-order valence-corrected chi connectivity index (χ2v) is 0. The summed E-state index contributed by atoms with van der Waals surface area (Å²) in [4.78, 5) is 0. The molecule has 0 aliphatic carbocycles. The normalized spacial score (nSPS) is 0. The van der Waals surface area contributed by atoms with Gasteiger partial charge in [-0.2, -0.15) is 0 Å². The molecule has 0 fully saturated rings. The standard InChI is InChI=1S/3Ag.3Cu.3Zn. The Balaban J connectivity index is 0. The van der Waals surface area contributed by atoms with E-state index in [0.29, 0.717) is 0 Å². The molecular formula is Ag3Cu3Zn3. The number of rotatable bonds is 0. The van der Waals surface area contributed by atoms with Gasteiger partial charge in [0.25, 0.3) is 0 Å². The maximum atomic E-state index is 0. The molecule has 0 aliphatic rings. The van der Waals surface area contributed by atoms with Gasteiger partial charge in [-0.15, -0.1) is 0 Å². The summed E-state index contributed by atoms with van der Waals surface area (Å²) < 4.78 is 0. The van der Waals surface area contributed by atoms with Crippen molar-refractivity contribution in [3.63, 3.8) is 0 Å². The monoisotopic (exact) mass is 701 g/mol. The Hall–Kier alpha value is 5.65. The van der Waals surface area contributed by atoms with Crippen molar-refractivity contribution in [3.05, 3.63) is 0 Å². The van der Waals surface area contributed by atoms with Gasteiger partial charge in [0, 0.05) is 177 Å². The third-order valence-corrected chi connectivity index (χ3v) is 0. The second kappa shape index (κ2) is 68.4. The van der Waals surface area contributed by atoms with Crippen LogP contribution in [0.3, 0.4) is 0 Å². The summed E-state index contributed by atoms with van der Waals surface area (Å²) in [5.74, 6) is 0. The van der Waals surface area contributed by atoms with Crippen LogP contribution < -0.4 is 0 Å². The van der Waals surface area contributed by atoms with Crippen molar-refractivity contribution in [2.24, 2.45) is 0 Å². The molecule has 0 aromatic carbocycles. The van der Waals surface area contributed by atoms with E-state index in [4.69, 9.17) is 0 Å². The second-order valence-electron chi connectivity index (χ2n) is 0. The minimum atomic E-state index is 0. The van der Waals surface area contributed by atoms with E-state index in [9.17, 15) is 0 Å². The van der Waals surface area contributed by atoms with Gasteiger partial charge in [0.15, 0.2) is 0 Å². The van der Waals surface area contributed by atoms with Crippen LogP contribution in [-0.4, -0.2) is 0 Å². The molecule has 6 radical (unpaired) electrons. The summed E-state index contributed by atoms with van der Waals surface area (Å²) in [5.41, 5.74) is 0. The summed E-state index contributed by atoms with van der Waals surface area (Å²) in [7, 11) is 0. The summed E-state index contributed by atoms with van der Waals surface area (Å²) in [5, 5.41) is 0. The summed E-state index contributed by atoms with van der Waals surface area (Å²) in [6.07, 6.45) is 0. The topological polar surface area (TPSA) is 0 Å². The summed E-state index contributed by atoms with van der Waals surface area (Å²) in [6.45, 7) is 0. The SMILES string of the molecule is [Ag].[Ag].[Ag].[Cu].[Cu].[Cu].[Zn].[Zn].[Zn]. The minimum absolute atomic E-state index is 0. The molecule has 0 N–H and O–H groups in total. The molecule has 0 atom stereocenters. The van der Waals surface area contributed by atoms with Crippen molar-refractivity contribution in [1.82, 2.24) is 0 Å². The van der Waals surface area contributed by atoms with Crippen LogP contribution in [0, 0.1) is 0 Å². The first-order chi connectivity index (χ1) is 0. The van der Waals surface area contributed by atoms with Crippen LogP contribution >= 0.6 is 0 Å². The van der Waals surface area contributed by atoms with E-state index in [-0.39, 0.29) is 177 Å². The molecule has 9 heteroatoms. The number of hydrogen-bond donors (Lipinski definition) is 0. The quantitative estimate of drug-likeness (QED) is 0.311. The van der Waals surface area contributed by atoms with E-state index in [1.807, 2.05) is 0 Å². The van der Waals surface area contributed by atoms with Crippen LogP contribution in [-0.2, 0) is 177 Å². The van der Waals surface area contributed by atoms with E-state index in [1.54, 1.807) is 0 Å². The van der Waals surface area contributed by atoms with Crippen LogP contribution in [0.1, 0.15) is 0 Å². The van der Waals surface area contributed by atoms with Gasteiger partial charge < -0.3 is 0 Å². The van der Waals surface area contributed by atoms with Gasteiger partial charge >= 0.3 is 0 Å². The van der Waals surface area contributed by atoms with E-state index in [1.165, 1.54) is 0 Å². The molecule has 0 bridgehead atoms. The molecule has 72 valence electrons. The van der Waals surface area contributed by atoms with Gasteiger partial charge in [0.05, 0.1) is 0 Å². The Kier molecular flexibility index (Phi) is 650.